The lowest BCUT2D eigenvalue weighted by Crippen LogP contribution is -2.40. The predicted octanol–water partition coefficient (Wildman–Crippen LogP) is 3.64. The predicted molar refractivity (Wildman–Crippen MR) is 118 cm³/mol. The van der Waals surface area contributed by atoms with Crippen molar-refractivity contribution >= 4 is 16.8 Å². The third-order valence-electron chi connectivity index (χ3n) is 5.82. The third-order valence-corrected chi connectivity index (χ3v) is 5.82. The molecule has 1 fully saturated rings. The highest BCUT2D eigenvalue weighted by Crippen LogP contribution is 2.22. The summed E-state index contributed by atoms with van der Waals surface area (Å²) in [7, 11) is 0. The average Bonchev–Trinajstić information content (AvgIpc) is 2.74. The number of carbonyl (C=O) groups is 1. The zero-order valence-corrected chi connectivity index (χ0v) is 17.8. The molecule has 4 rings (SSSR count). The molecule has 6 heteroatoms. The van der Waals surface area contributed by atoms with Gasteiger partial charge in [0.05, 0.1) is 17.5 Å². The molecule has 0 N–H and O–H groups in total. The van der Waals surface area contributed by atoms with Crippen molar-refractivity contribution < 1.29 is 4.79 Å². The Hall–Kier alpha value is -3.02. The summed E-state index contributed by atoms with van der Waals surface area (Å²) in [5.41, 5.74) is 2.00. The summed E-state index contributed by atoms with van der Waals surface area (Å²) >= 11 is 0. The summed E-state index contributed by atoms with van der Waals surface area (Å²) in [6.45, 7) is 8.16. The standard InChI is InChI=1S/C24H28N4O2/c1-24(2,3)21-14-22(29)28(16-25-21)15-17-10-12-27(13-11-17)23(30)20-9-8-18-6-4-5-7-19(18)26-20/h4-9,14,16-17H,10-13,15H2,1-3H3. The van der Waals surface area contributed by atoms with Gasteiger partial charge in [0, 0.05) is 36.5 Å². The van der Waals surface area contributed by atoms with E-state index in [1.807, 2.05) is 35.2 Å². The number of fused-ring (bicyclic) bond motifs is 1. The lowest BCUT2D eigenvalue weighted by molar-refractivity contribution is 0.0676. The third kappa shape index (κ3) is 4.27. The van der Waals surface area contributed by atoms with Crippen LogP contribution in [0.4, 0.5) is 0 Å². The number of carbonyl (C=O) groups excluding carboxylic acids is 1. The Balaban J connectivity index is 1.39. The molecule has 6 nitrogen and oxygen atoms in total. The van der Waals surface area contributed by atoms with Gasteiger partial charge in [-0.05, 0) is 30.9 Å². The van der Waals surface area contributed by atoms with Crippen LogP contribution in [0, 0.1) is 5.92 Å². The fourth-order valence-electron chi connectivity index (χ4n) is 3.92. The van der Waals surface area contributed by atoms with Crippen molar-refractivity contribution in [1.29, 1.82) is 0 Å². The monoisotopic (exact) mass is 404 g/mol. The Morgan fingerprint density at radius 1 is 1.10 bits per heavy atom. The van der Waals surface area contributed by atoms with Gasteiger partial charge in [-0.2, -0.15) is 0 Å². The van der Waals surface area contributed by atoms with Crippen LogP contribution < -0.4 is 5.56 Å². The fourth-order valence-corrected chi connectivity index (χ4v) is 3.92. The first kappa shape index (κ1) is 20.3. The van der Waals surface area contributed by atoms with Gasteiger partial charge in [-0.25, -0.2) is 9.97 Å². The van der Waals surface area contributed by atoms with E-state index in [1.54, 1.807) is 23.0 Å². The van der Waals surface area contributed by atoms with Crippen LogP contribution in [-0.2, 0) is 12.0 Å². The van der Waals surface area contributed by atoms with Gasteiger partial charge in [0.2, 0.25) is 0 Å². The minimum atomic E-state index is -0.138. The van der Waals surface area contributed by atoms with Crippen molar-refractivity contribution in [2.45, 2.75) is 45.6 Å². The SMILES string of the molecule is CC(C)(C)c1cc(=O)n(CC2CCN(C(=O)c3ccc4ccccc4n3)CC2)cn1. The average molecular weight is 405 g/mol. The zero-order chi connectivity index (χ0) is 21.3. The second kappa shape index (κ2) is 8.01. The molecule has 0 atom stereocenters. The van der Waals surface area contributed by atoms with Gasteiger partial charge in [0.1, 0.15) is 5.69 Å². The number of hydrogen-bond acceptors (Lipinski definition) is 4. The molecule has 2 aromatic heterocycles. The maximum Gasteiger partial charge on any atom is 0.272 e. The molecule has 0 saturated carbocycles. The molecule has 0 aliphatic carbocycles. The maximum absolute atomic E-state index is 12.9. The number of para-hydroxylation sites is 1. The molecule has 1 aliphatic rings. The highest BCUT2D eigenvalue weighted by molar-refractivity contribution is 5.94. The summed E-state index contributed by atoms with van der Waals surface area (Å²) in [5.74, 6) is 0.339. The van der Waals surface area contributed by atoms with Crippen molar-refractivity contribution in [2.24, 2.45) is 5.92 Å². The second-order valence-electron chi connectivity index (χ2n) is 9.14. The number of piperidine rings is 1. The van der Waals surface area contributed by atoms with E-state index in [2.05, 4.69) is 30.7 Å². The van der Waals surface area contributed by atoms with E-state index >= 15 is 0 Å². The molecule has 1 aromatic carbocycles. The molecular weight excluding hydrogens is 376 g/mol. The summed E-state index contributed by atoms with van der Waals surface area (Å²) in [5, 5.41) is 1.03. The lowest BCUT2D eigenvalue weighted by Gasteiger charge is -2.32. The molecule has 1 amide bonds. The summed E-state index contributed by atoms with van der Waals surface area (Å²) in [6.07, 6.45) is 3.40. The van der Waals surface area contributed by atoms with E-state index in [4.69, 9.17) is 0 Å². The number of hydrogen-bond donors (Lipinski definition) is 0. The molecule has 1 saturated heterocycles. The van der Waals surface area contributed by atoms with Gasteiger partial charge in [-0.1, -0.05) is 45.0 Å². The lowest BCUT2D eigenvalue weighted by atomic mass is 9.92. The van der Waals surface area contributed by atoms with Crippen LogP contribution in [0.1, 0.15) is 49.8 Å². The van der Waals surface area contributed by atoms with Crippen LogP contribution in [0.25, 0.3) is 10.9 Å². The van der Waals surface area contributed by atoms with Crippen LogP contribution in [0.2, 0.25) is 0 Å². The number of nitrogens with zero attached hydrogens (tertiary/aromatic N) is 4. The van der Waals surface area contributed by atoms with Crippen molar-refractivity contribution in [3.8, 4) is 0 Å². The van der Waals surface area contributed by atoms with Gasteiger partial charge < -0.3 is 4.90 Å². The van der Waals surface area contributed by atoms with Crippen LogP contribution >= 0.6 is 0 Å². The molecule has 30 heavy (non-hydrogen) atoms. The smallest absolute Gasteiger partial charge is 0.272 e. The Kier molecular flexibility index (Phi) is 5.41. The first-order valence-corrected chi connectivity index (χ1v) is 10.5. The second-order valence-corrected chi connectivity index (χ2v) is 9.14. The van der Waals surface area contributed by atoms with E-state index in [9.17, 15) is 9.59 Å². The molecule has 156 valence electrons. The van der Waals surface area contributed by atoms with Crippen LogP contribution in [0.5, 0.6) is 0 Å². The topological polar surface area (TPSA) is 68.1 Å². The normalized spacial score (nSPS) is 15.5. The molecule has 1 aliphatic heterocycles. The summed E-state index contributed by atoms with van der Waals surface area (Å²) < 4.78 is 1.70. The number of amides is 1. The van der Waals surface area contributed by atoms with Crippen molar-refractivity contribution in [3.63, 3.8) is 0 Å². The Bertz CT molecular complexity index is 1120. The van der Waals surface area contributed by atoms with E-state index in [0.717, 1.165) is 29.4 Å². The van der Waals surface area contributed by atoms with Crippen molar-refractivity contribution in [2.75, 3.05) is 13.1 Å². The van der Waals surface area contributed by atoms with Crippen molar-refractivity contribution in [1.82, 2.24) is 19.4 Å². The van der Waals surface area contributed by atoms with Gasteiger partial charge >= 0.3 is 0 Å². The molecule has 0 unspecified atom stereocenters. The molecule has 0 spiro atoms. The summed E-state index contributed by atoms with van der Waals surface area (Å²) in [4.78, 5) is 36.2. The van der Waals surface area contributed by atoms with Crippen LogP contribution in [0.15, 0.2) is 53.6 Å². The summed E-state index contributed by atoms with van der Waals surface area (Å²) in [6, 6.07) is 13.2. The van der Waals surface area contributed by atoms with Gasteiger partial charge in [-0.15, -0.1) is 0 Å². The Morgan fingerprint density at radius 2 is 1.83 bits per heavy atom. The number of benzene rings is 1. The number of aromatic nitrogens is 3. The first-order valence-electron chi connectivity index (χ1n) is 10.5. The van der Waals surface area contributed by atoms with E-state index in [1.165, 1.54) is 0 Å². The fraction of sp³-hybridized carbons (Fsp3) is 0.417. The minimum absolute atomic E-state index is 0.00575. The van der Waals surface area contributed by atoms with Gasteiger partial charge in [0.15, 0.2) is 0 Å². The van der Waals surface area contributed by atoms with E-state index in [0.29, 0.717) is 31.2 Å². The van der Waals surface area contributed by atoms with Crippen molar-refractivity contribution in [3.05, 3.63) is 70.5 Å². The van der Waals surface area contributed by atoms with E-state index < -0.39 is 0 Å². The van der Waals surface area contributed by atoms with E-state index in [-0.39, 0.29) is 16.9 Å². The van der Waals surface area contributed by atoms with Gasteiger partial charge in [-0.3, -0.25) is 14.2 Å². The number of rotatable bonds is 3. The largest absolute Gasteiger partial charge is 0.337 e. The molecule has 0 bridgehead atoms. The zero-order valence-electron chi connectivity index (χ0n) is 17.8. The van der Waals surface area contributed by atoms with Gasteiger partial charge in [0.25, 0.3) is 11.5 Å². The van der Waals surface area contributed by atoms with Crippen LogP contribution in [-0.4, -0.2) is 38.4 Å². The highest BCUT2D eigenvalue weighted by Gasteiger charge is 2.25. The number of pyridine rings is 1. The number of likely N-dealkylation sites (tertiary alicyclic amines) is 1. The Labute approximate surface area is 176 Å². The maximum atomic E-state index is 12.9. The Morgan fingerprint density at radius 3 is 2.53 bits per heavy atom. The first-order chi connectivity index (χ1) is 14.3. The minimum Gasteiger partial charge on any atom is -0.337 e. The highest BCUT2D eigenvalue weighted by atomic mass is 16.2. The molecule has 0 radical (unpaired) electrons. The molecule has 3 heterocycles. The molecule has 3 aromatic rings. The molecular formula is C24H28N4O2. The van der Waals surface area contributed by atoms with Crippen LogP contribution in [0.3, 0.4) is 0 Å². The quantitative estimate of drug-likeness (QED) is 0.668.